The van der Waals surface area contributed by atoms with Crippen LogP contribution in [0.4, 0.5) is 0 Å². The van der Waals surface area contributed by atoms with E-state index in [9.17, 15) is 9.59 Å². The van der Waals surface area contributed by atoms with Crippen LogP contribution in [0.15, 0.2) is 0 Å². The second-order valence-corrected chi connectivity index (χ2v) is 7.65. The molecule has 0 unspecified atom stereocenters. The van der Waals surface area contributed by atoms with Crippen molar-refractivity contribution in [3.8, 4) is 0 Å². The molecule has 5 heteroatoms. The SMILES string of the molecule is CCCCCCCCCCCCCCCCCCNCC(=O)NCC(=O)O. The molecule has 160 valence electrons. The molecule has 0 aliphatic heterocycles. The normalized spacial score (nSPS) is 10.9. The van der Waals surface area contributed by atoms with Crippen molar-refractivity contribution < 1.29 is 14.7 Å². The molecule has 0 atom stereocenters. The molecule has 0 rings (SSSR count). The number of aliphatic carboxylic acids is 1. The lowest BCUT2D eigenvalue weighted by molar-refractivity contribution is -0.137. The van der Waals surface area contributed by atoms with E-state index in [2.05, 4.69) is 17.6 Å². The Balaban J connectivity index is 3.09. The average molecular weight is 385 g/mol. The van der Waals surface area contributed by atoms with Crippen LogP contribution in [0.1, 0.15) is 110 Å². The van der Waals surface area contributed by atoms with E-state index >= 15 is 0 Å². The first-order valence-corrected chi connectivity index (χ1v) is 11.4. The molecular formula is C22H44N2O3. The van der Waals surface area contributed by atoms with Crippen LogP contribution in [-0.2, 0) is 9.59 Å². The smallest absolute Gasteiger partial charge is 0.322 e. The Morgan fingerprint density at radius 3 is 1.44 bits per heavy atom. The molecule has 5 nitrogen and oxygen atoms in total. The van der Waals surface area contributed by atoms with Crippen molar-refractivity contribution in [1.29, 1.82) is 0 Å². The van der Waals surface area contributed by atoms with Gasteiger partial charge in [-0.2, -0.15) is 0 Å². The van der Waals surface area contributed by atoms with Crippen molar-refractivity contribution in [2.75, 3.05) is 19.6 Å². The summed E-state index contributed by atoms with van der Waals surface area (Å²) in [4.78, 5) is 21.6. The molecule has 0 aliphatic rings. The maximum atomic E-state index is 11.3. The van der Waals surface area contributed by atoms with E-state index in [0.717, 1.165) is 13.0 Å². The Morgan fingerprint density at radius 1 is 0.630 bits per heavy atom. The van der Waals surface area contributed by atoms with Crippen molar-refractivity contribution in [3.63, 3.8) is 0 Å². The van der Waals surface area contributed by atoms with E-state index in [-0.39, 0.29) is 19.0 Å². The number of amides is 1. The van der Waals surface area contributed by atoms with Gasteiger partial charge in [0.05, 0.1) is 6.54 Å². The van der Waals surface area contributed by atoms with Crippen molar-refractivity contribution in [3.05, 3.63) is 0 Å². The number of carboxylic acid groups (broad SMARTS) is 1. The molecule has 1 amide bonds. The summed E-state index contributed by atoms with van der Waals surface area (Å²) in [5.41, 5.74) is 0. The fourth-order valence-electron chi connectivity index (χ4n) is 3.24. The Hall–Kier alpha value is -1.10. The fourth-order valence-corrected chi connectivity index (χ4v) is 3.24. The standard InChI is InChI=1S/C22H44N2O3/c1-2-3-4-5-6-7-8-9-10-11-12-13-14-15-16-17-18-23-19-21(25)24-20-22(26)27/h23H,2-20H2,1H3,(H,24,25)(H,26,27). The van der Waals surface area contributed by atoms with Gasteiger partial charge in [0, 0.05) is 0 Å². The van der Waals surface area contributed by atoms with Crippen molar-refractivity contribution in [2.45, 2.75) is 110 Å². The third kappa shape index (κ3) is 22.9. The zero-order valence-corrected chi connectivity index (χ0v) is 17.7. The number of hydrogen-bond donors (Lipinski definition) is 3. The highest BCUT2D eigenvalue weighted by molar-refractivity contribution is 5.82. The van der Waals surface area contributed by atoms with Crippen LogP contribution in [0.25, 0.3) is 0 Å². The highest BCUT2D eigenvalue weighted by Crippen LogP contribution is 2.13. The first-order chi connectivity index (χ1) is 13.2. The van der Waals surface area contributed by atoms with Crippen LogP contribution in [0, 0.1) is 0 Å². The summed E-state index contributed by atoms with van der Waals surface area (Å²) in [5.74, 6) is -1.27. The Morgan fingerprint density at radius 2 is 1.04 bits per heavy atom. The summed E-state index contributed by atoms with van der Waals surface area (Å²) in [7, 11) is 0. The van der Waals surface area contributed by atoms with E-state index in [4.69, 9.17) is 5.11 Å². The molecule has 0 aliphatic carbocycles. The molecule has 0 radical (unpaired) electrons. The largest absolute Gasteiger partial charge is 0.480 e. The van der Waals surface area contributed by atoms with Crippen LogP contribution in [0.3, 0.4) is 0 Å². The van der Waals surface area contributed by atoms with Gasteiger partial charge in [0.1, 0.15) is 6.54 Å². The van der Waals surface area contributed by atoms with Gasteiger partial charge in [-0.3, -0.25) is 9.59 Å². The zero-order valence-electron chi connectivity index (χ0n) is 17.7. The van der Waals surface area contributed by atoms with Gasteiger partial charge in [-0.1, -0.05) is 103 Å². The molecule has 0 aromatic heterocycles. The molecule has 0 heterocycles. The van der Waals surface area contributed by atoms with Gasteiger partial charge in [0.2, 0.25) is 5.91 Å². The monoisotopic (exact) mass is 384 g/mol. The van der Waals surface area contributed by atoms with Gasteiger partial charge >= 0.3 is 5.97 Å². The topological polar surface area (TPSA) is 78.4 Å². The van der Waals surface area contributed by atoms with E-state index in [0.29, 0.717) is 0 Å². The summed E-state index contributed by atoms with van der Waals surface area (Å²) in [6.45, 7) is 2.98. The Kier molecular flexibility index (Phi) is 20.3. The van der Waals surface area contributed by atoms with Crippen molar-refractivity contribution in [1.82, 2.24) is 10.6 Å². The summed E-state index contributed by atoms with van der Waals surface area (Å²) in [6, 6.07) is 0. The van der Waals surface area contributed by atoms with Crippen LogP contribution in [-0.4, -0.2) is 36.6 Å². The highest BCUT2D eigenvalue weighted by atomic mass is 16.4. The summed E-state index contributed by atoms with van der Waals surface area (Å²) in [5, 5.41) is 13.8. The summed E-state index contributed by atoms with van der Waals surface area (Å²) >= 11 is 0. The van der Waals surface area contributed by atoms with Crippen LogP contribution in [0.5, 0.6) is 0 Å². The molecule has 0 fully saturated rings. The predicted molar refractivity (Wildman–Crippen MR) is 113 cm³/mol. The lowest BCUT2D eigenvalue weighted by Crippen LogP contribution is -2.37. The minimum absolute atomic E-state index is 0.200. The molecule has 0 spiro atoms. The molecule has 0 aromatic rings. The second-order valence-electron chi connectivity index (χ2n) is 7.65. The van der Waals surface area contributed by atoms with Gasteiger partial charge in [-0.05, 0) is 13.0 Å². The Labute approximate surface area is 167 Å². The molecule has 0 saturated carbocycles. The first-order valence-electron chi connectivity index (χ1n) is 11.4. The second kappa shape index (κ2) is 21.2. The van der Waals surface area contributed by atoms with Gasteiger partial charge < -0.3 is 15.7 Å². The third-order valence-corrected chi connectivity index (χ3v) is 4.93. The maximum Gasteiger partial charge on any atom is 0.322 e. The summed E-state index contributed by atoms with van der Waals surface area (Å²) in [6.07, 6.45) is 21.7. The molecule has 27 heavy (non-hydrogen) atoms. The quantitative estimate of drug-likeness (QED) is 0.242. The number of unbranched alkanes of at least 4 members (excludes halogenated alkanes) is 15. The van der Waals surface area contributed by atoms with Gasteiger partial charge in [0.15, 0.2) is 0 Å². The van der Waals surface area contributed by atoms with E-state index in [1.807, 2.05) is 0 Å². The van der Waals surface area contributed by atoms with Gasteiger partial charge in [-0.15, -0.1) is 0 Å². The van der Waals surface area contributed by atoms with Gasteiger partial charge in [0.25, 0.3) is 0 Å². The molecule has 0 aromatic carbocycles. The minimum atomic E-state index is -1.01. The number of hydrogen-bond acceptors (Lipinski definition) is 3. The highest BCUT2D eigenvalue weighted by Gasteiger charge is 2.02. The number of carboxylic acids is 1. The lowest BCUT2D eigenvalue weighted by atomic mass is 10.0. The Bertz CT molecular complexity index is 348. The number of carbonyl (C=O) groups excluding carboxylic acids is 1. The van der Waals surface area contributed by atoms with Crippen LogP contribution in [0.2, 0.25) is 0 Å². The summed E-state index contributed by atoms with van der Waals surface area (Å²) < 4.78 is 0. The van der Waals surface area contributed by atoms with Crippen LogP contribution >= 0.6 is 0 Å². The number of rotatable bonds is 21. The minimum Gasteiger partial charge on any atom is -0.480 e. The van der Waals surface area contributed by atoms with E-state index < -0.39 is 5.97 Å². The molecule has 0 bridgehead atoms. The fraction of sp³-hybridized carbons (Fsp3) is 0.909. The molecular weight excluding hydrogens is 340 g/mol. The number of nitrogens with one attached hydrogen (secondary N) is 2. The van der Waals surface area contributed by atoms with Crippen molar-refractivity contribution >= 4 is 11.9 Å². The lowest BCUT2D eigenvalue weighted by Gasteiger charge is -2.05. The van der Waals surface area contributed by atoms with Gasteiger partial charge in [-0.25, -0.2) is 0 Å². The molecule has 0 saturated heterocycles. The van der Waals surface area contributed by atoms with Crippen LogP contribution < -0.4 is 10.6 Å². The average Bonchev–Trinajstić information content (AvgIpc) is 2.65. The van der Waals surface area contributed by atoms with E-state index in [1.165, 1.54) is 96.3 Å². The molecule has 3 N–H and O–H groups in total. The first kappa shape index (κ1) is 25.9. The maximum absolute atomic E-state index is 11.3. The van der Waals surface area contributed by atoms with Crippen molar-refractivity contribution in [2.24, 2.45) is 0 Å². The third-order valence-electron chi connectivity index (χ3n) is 4.93. The number of carbonyl (C=O) groups is 2. The van der Waals surface area contributed by atoms with E-state index in [1.54, 1.807) is 0 Å². The predicted octanol–water partition coefficient (Wildman–Crippen LogP) is 5.04. The zero-order chi connectivity index (χ0) is 20.0.